The van der Waals surface area contributed by atoms with Gasteiger partial charge in [0.2, 0.25) is 0 Å². The van der Waals surface area contributed by atoms with Gasteiger partial charge in [0.25, 0.3) is 0 Å². The predicted molar refractivity (Wildman–Crippen MR) is 133 cm³/mol. The minimum Gasteiger partial charge on any atom is -0.457 e. The molecule has 3 aromatic rings. The number of piperidine rings is 1. The third-order valence-electron chi connectivity index (χ3n) is 7.26. The lowest BCUT2D eigenvalue weighted by Crippen LogP contribution is -2.33. The standard InChI is InChI=1S/C30H33NO/c1-3-23-14-15-28-30(25(23)4-2)29(26-12-8-9-13-27(26)32-28)24-17-20-31(21-18-24)19-16-22-10-6-5-7-11-22/h5-16,19,24,29H,3-4,17-18,20-21H2,1-2H3. The molecule has 1 atom stereocenters. The smallest absolute Gasteiger partial charge is 0.131 e. The van der Waals surface area contributed by atoms with Crippen LogP contribution >= 0.6 is 0 Å². The fraction of sp³-hybridized carbons (Fsp3) is 0.333. The largest absolute Gasteiger partial charge is 0.457 e. The second-order valence-electron chi connectivity index (χ2n) is 9.04. The number of nitrogens with zero attached hydrogens (tertiary/aromatic N) is 1. The van der Waals surface area contributed by atoms with Gasteiger partial charge in [-0.15, -0.1) is 0 Å². The summed E-state index contributed by atoms with van der Waals surface area (Å²) in [6, 6.07) is 23.8. The van der Waals surface area contributed by atoms with E-state index in [1.54, 1.807) is 0 Å². The molecule has 0 bridgehead atoms. The van der Waals surface area contributed by atoms with Crippen molar-refractivity contribution in [3.8, 4) is 11.5 Å². The van der Waals surface area contributed by atoms with E-state index in [-0.39, 0.29) is 0 Å². The Kier molecular flexibility index (Phi) is 6.03. The van der Waals surface area contributed by atoms with E-state index < -0.39 is 0 Å². The lowest BCUT2D eigenvalue weighted by Gasteiger charge is -2.40. The van der Waals surface area contributed by atoms with Crippen LogP contribution in [0, 0.1) is 5.92 Å². The minimum absolute atomic E-state index is 0.427. The Morgan fingerprint density at radius 3 is 2.34 bits per heavy atom. The van der Waals surface area contributed by atoms with Gasteiger partial charge in [-0.3, -0.25) is 0 Å². The summed E-state index contributed by atoms with van der Waals surface area (Å²) in [6.45, 7) is 6.78. The maximum Gasteiger partial charge on any atom is 0.131 e. The van der Waals surface area contributed by atoms with Crippen LogP contribution in [0.1, 0.15) is 60.4 Å². The number of benzene rings is 3. The average molecular weight is 424 g/mol. The highest BCUT2D eigenvalue weighted by Crippen LogP contribution is 2.51. The fourth-order valence-electron chi connectivity index (χ4n) is 5.62. The fourth-order valence-corrected chi connectivity index (χ4v) is 5.62. The Morgan fingerprint density at radius 2 is 1.59 bits per heavy atom. The second-order valence-corrected chi connectivity index (χ2v) is 9.04. The van der Waals surface area contributed by atoms with Crippen LogP contribution in [-0.4, -0.2) is 18.0 Å². The van der Waals surface area contributed by atoms with E-state index in [4.69, 9.17) is 4.74 Å². The minimum atomic E-state index is 0.427. The Balaban J connectivity index is 1.43. The molecule has 2 nitrogen and oxygen atoms in total. The van der Waals surface area contributed by atoms with Gasteiger partial charge in [0.1, 0.15) is 11.5 Å². The van der Waals surface area contributed by atoms with Gasteiger partial charge < -0.3 is 9.64 Å². The molecule has 5 rings (SSSR count). The molecule has 0 aliphatic carbocycles. The van der Waals surface area contributed by atoms with Crippen molar-refractivity contribution in [3.05, 3.63) is 101 Å². The van der Waals surface area contributed by atoms with Gasteiger partial charge in [0.15, 0.2) is 0 Å². The Labute approximate surface area is 192 Å². The molecule has 2 heteroatoms. The van der Waals surface area contributed by atoms with Gasteiger partial charge in [-0.05, 0) is 72.7 Å². The van der Waals surface area contributed by atoms with Crippen molar-refractivity contribution in [1.82, 2.24) is 4.90 Å². The van der Waals surface area contributed by atoms with Gasteiger partial charge >= 0.3 is 0 Å². The first-order valence-electron chi connectivity index (χ1n) is 12.2. The molecule has 1 unspecified atom stereocenters. The normalized spacial score (nSPS) is 18.3. The van der Waals surface area contributed by atoms with Gasteiger partial charge in [0, 0.05) is 30.1 Å². The van der Waals surface area contributed by atoms with Crippen LogP contribution in [0.15, 0.2) is 72.9 Å². The van der Waals surface area contributed by atoms with E-state index in [9.17, 15) is 0 Å². The summed E-state index contributed by atoms with van der Waals surface area (Å²) in [6.07, 6.45) is 9.07. The molecular weight excluding hydrogens is 390 g/mol. The summed E-state index contributed by atoms with van der Waals surface area (Å²) in [4.78, 5) is 2.48. The molecule has 0 radical (unpaired) electrons. The van der Waals surface area contributed by atoms with E-state index in [1.807, 2.05) is 0 Å². The second kappa shape index (κ2) is 9.24. The molecule has 1 fully saturated rings. The van der Waals surface area contributed by atoms with Crippen molar-refractivity contribution in [3.63, 3.8) is 0 Å². The highest BCUT2D eigenvalue weighted by atomic mass is 16.5. The monoisotopic (exact) mass is 423 g/mol. The summed E-state index contributed by atoms with van der Waals surface area (Å²) in [7, 11) is 0. The number of hydrogen-bond acceptors (Lipinski definition) is 2. The molecule has 0 aromatic heterocycles. The molecule has 2 aliphatic rings. The molecule has 0 spiro atoms. The molecule has 164 valence electrons. The van der Waals surface area contributed by atoms with Crippen LogP contribution in [0.4, 0.5) is 0 Å². The molecule has 32 heavy (non-hydrogen) atoms. The van der Waals surface area contributed by atoms with Crippen molar-refractivity contribution in [2.75, 3.05) is 13.1 Å². The summed E-state index contributed by atoms with van der Waals surface area (Å²) in [5, 5.41) is 0. The van der Waals surface area contributed by atoms with Gasteiger partial charge in [0.05, 0.1) is 0 Å². The van der Waals surface area contributed by atoms with E-state index in [0.29, 0.717) is 11.8 Å². The first-order valence-corrected chi connectivity index (χ1v) is 12.2. The predicted octanol–water partition coefficient (Wildman–Crippen LogP) is 7.43. The maximum absolute atomic E-state index is 6.43. The molecular formula is C30H33NO. The summed E-state index contributed by atoms with van der Waals surface area (Å²) < 4.78 is 6.43. The van der Waals surface area contributed by atoms with Crippen LogP contribution in [0.5, 0.6) is 11.5 Å². The molecule has 1 saturated heterocycles. The number of likely N-dealkylation sites (tertiary alicyclic amines) is 1. The van der Waals surface area contributed by atoms with Crippen molar-refractivity contribution in [2.24, 2.45) is 5.92 Å². The summed E-state index contributed by atoms with van der Waals surface area (Å²) in [5.74, 6) is 3.19. The third-order valence-corrected chi connectivity index (χ3v) is 7.26. The SMILES string of the molecule is CCc1ccc2c(c1CC)C(C1CCN(C=Cc3ccccc3)CC1)c1ccccc1O2. The molecule has 0 saturated carbocycles. The number of para-hydroxylation sites is 1. The Morgan fingerprint density at radius 1 is 0.844 bits per heavy atom. The van der Waals surface area contributed by atoms with Crippen molar-refractivity contribution < 1.29 is 4.74 Å². The van der Waals surface area contributed by atoms with Gasteiger partial charge in [-0.1, -0.05) is 68.4 Å². The van der Waals surface area contributed by atoms with Crippen molar-refractivity contribution in [2.45, 2.75) is 45.4 Å². The zero-order valence-corrected chi connectivity index (χ0v) is 19.3. The molecule has 0 N–H and O–H groups in total. The average Bonchev–Trinajstić information content (AvgIpc) is 2.86. The van der Waals surface area contributed by atoms with E-state index in [1.165, 1.54) is 40.7 Å². The molecule has 0 amide bonds. The Hall–Kier alpha value is -3.00. The van der Waals surface area contributed by atoms with Gasteiger partial charge in [-0.25, -0.2) is 0 Å². The van der Waals surface area contributed by atoms with Crippen LogP contribution < -0.4 is 4.74 Å². The van der Waals surface area contributed by atoms with E-state index >= 15 is 0 Å². The highest BCUT2D eigenvalue weighted by Gasteiger charge is 2.36. The quantitative estimate of drug-likeness (QED) is 0.423. The molecule has 2 aliphatic heterocycles. The summed E-state index contributed by atoms with van der Waals surface area (Å²) in [5.41, 5.74) is 7.09. The van der Waals surface area contributed by atoms with Crippen molar-refractivity contribution >= 4 is 6.08 Å². The first kappa shape index (κ1) is 20.9. The lowest BCUT2D eigenvalue weighted by atomic mass is 9.72. The van der Waals surface area contributed by atoms with Crippen LogP contribution in [0.3, 0.4) is 0 Å². The lowest BCUT2D eigenvalue weighted by molar-refractivity contribution is 0.224. The third kappa shape index (κ3) is 3.95. The van der Waals surface area contributed by atoms with Crippen LogP contribution in [0.2, 0.25) is 0 Å². The highest BCUT2D eigenvalue weighted by molar-refractivity contribution is 5.58. The first-order chi connectivity index (χ1) is 15.8. The molecule has 2 heterocycles. The zero-order chi connectivity index (χ0) is 21.9. The molecule has 3 aromatic carbocycles. The summed E-state index contributed by atoms with van der Waals surface area (Å²) >= 11 is 0. The number of fused-ring (bicyclic) bond motifs is 2. The number of rotatable bonds is 5. The maximum atomic E-state index is 6.43. The van der Waals surface area contributed by atoms with E-state index in [2.05, 4.69) is 97.8 Å². The van der Waals surface area contributed by atoms with Crippen LogP contribution in [-0.2, 0) is 12.8 Å². The topological polar surface area (TPSA) is 12.5 Å². The van der Waals surface area contributed by atoms with Gasteiger partial charge in [-0.2, -0.15) is 0 Å². The number of aryl methyl sites for hydroxylation is 1. The zero-order valence-electron chi connectivity index (χ0n) is 19.3. The van der Waals surface area contributed by atoms with E-state index in [0.717, 1.165) is 37.4 Å². The number of hydrogen-bond donors (Lipinski definition) is 0. The van der Waals surface area contributed by atoms with Crippen LogP contribution in [0.25, 0.3) is 6.08 Å². The van der Waals surface area contributed by atoms with Crippen molar-refractivity contribution in [1.29, 1.82) is 0 Å². The number of ether oxygens (including phenoxy) is 1. The Bertz CT molecular complexity index is 1090.